The summed E-state index contributed by atoms with van der Waals surface area (Å²) in [6.45, 7) is 5.67. The molecule has 0 amide bonds. The minimum absolute atomic E-state index is 0.266. The van der Waals surface area contributed by atoms with Gasteiger partial charge in [-0.2, -0.15) is 0 Å². The van der Waals surface area contributed by atoms with E-state index in [2.05, 4.69) is 13.5 Å². The Balaban J connectivity index is 3.35. The third-order valence-corrected chi connectivity index (χ3v) is 4.12. The summed E-state index contributed by atoms with van der Waals surface area (Å²) < 4.78 is 11.4. The monoisotopic (exact) mass is 218 g/mol. The van der Waals surface area contributed by atoms with Crippen LogP contribution in [0.25, 0.3) is 0 Å². The van der Waals surface area contributed by atoms with Gasteiger partial charge in [-0.1, -0.05) is 45.1 Å². The van der Waals surface area contributed by atoms with E-state index in [1.807, 2.05) is 0 Å². The predicted octanol–water partition coefficient (Wildman–Crippen LogP) is 3.80. The van der Waals surface area contributed by atoms with Crippen molar-refractivity contribution in [1.29, 1.82) is 0 Å². The quantitative estimate of drug-likeness (QED) is 0.363. The van der Waals surface area contributed by atoms with Crippen LogP contribution in [-0.4, -0.2) is 17.2 Å². The lowest BCUT2D eigenvalue weighted by Crippen LogP contribution is -1.92. The molecule has 1 atom stereocenters. The standard InChI is InChI=1S/C11H23O2P/c1-3-5-6-7-8-9-11-14(12,13)10-4-2/h4H,2-3,5-11H2,1H3,(H,12,13). The Hall–Kier alpha value is -0.0700. The van der Waals surface area contributed by atoms with Crippen LogP contribution in [0.3, 0.4) is 0 Å². The zero-order chi connectivity index (χ0) is 10.9. The topological polar surface area (TPSA) is 37.3 Å². The van der Waals surface area contributed by atoms with E-state index >= 15 is 0 Å². The van der Waals surface area contributed by atoms with Gasteiger partial charge >= 0.3 is 0 Å². The zero-order valence-corrected chi connectivity index (χ0v) is 10.1. The number of hydrogen-bond donors (Lipinski definition) is 1. The van der Waals surface area contributed by atoms with Crippen LogP contribution in [0.5, 0.6) is 0 Å². The van der Waals surface area contributed by atoms with Gasteiger partial charge < -0.3 is 4.89 Å². The highest BCUT2D eigenvalue weighted by Crippen LogP contribution is 2.41. The molecule has 0 spiro atoms. The normalized spacial score (nSPS) is 15.0. The summed E-state index contributed by atoms with van der Waals surface area (Å²) in [5.41, 5.74) is 0. The van der Waals surface area contributed by atoms with E-state index in [1.54, 1.807) is 0 Å². The molecule has 1 N–H and O–H groups in total. The van der Waals surface area contributed by atoms with Crippen molar-refractivity contribution in [2.45, 2.75) is 45.4 Å². The van der Waals surface area contributed by atoms with Crippen molar-refractivity contribution in [1.82, 2.24) is 0 Å². The Kier molecular flexibility index (Phi) is 8.21. The van der Waals surface area contributed by atoms with Crippen molar-refractivity contribution >= 4 is 7.37 Å². The molecule has 0 saturated carbocycles. The van der Waals surface area contributed by atoms with Crippen molar-refractivity contribution in [3.8, 4) is 0 Å². The zero-order valence-electron chi connectivity index (χ0n) is 9.24. The smallest absolute Gasteiger partial charge is 0.204 e. The van der Waals surface area contributed by atoms with Crippen molar-refractivity contribution < 1.29 is 9.46 Å². The van der Waals surface area contributed by atoms with Crippen LogP contribution in [-0.2, 0) is 4.57 Å². The molecule has 0 aliphatic carbocycles. The molecule has 0 radical (unpaired) electrons. The van der Waals surface area contributed by atoms with Gasteiger partial charge in [-0.15, -0.1) is 6.58 Å². The van der Waals surface area contributed by atoms with Crippen LogP contribution >= 0.6 is 7.37 Å². The summed E-state index contributed by atoms with van der Waals surface area (Å²) >= 11 is 0. The number of rotatable bonds is 9. The van der Waals surface area contributed by atoms with E-state index in [1.165, 1.54) is 31.8 Å². The first-order chi connectivity index (χ1) is 6.62. The van der Waals surface area contributed by atoms with Crippen LogP contribution in [0.4, 0.5) is 0 Å². The molecule has 0 aliphatic rings. The van der Waals surface area contributed by atoms with Gasteiger partial charge in [0, 0.05) is 12.3 Å². The molecule has 0 saturated heterocycles. The first kappa shape index (κ1) is 13.9. The maximum atomic E-state index is 11.4. The molecule has 0 bridgehead atoms. The average Bonchev–Trinajstić information content (AvgIpc) is 2.11. The van der Waals surface area contributed by atoms with E-state index in [-0.39, 0.29) is 6.16 Å². The molecule has 84 valence electrons. The van der Waals surface area contributed by atoms with Gasteiger partial charge in [-0.25, -0.2) is 0 Å². The van der Waals surface area contributed by atoms with Crippen LogP contribution in [0.2, 0.25) is 0 Å². The molecule has 0 heterocycles. The highest BCUT2D eigenvalue weighted by molar-refractivity contribution is 7.58. The van der Waals surface area contributed by atoms with Gasteiger partial charge in [0.15, 0.2) is 0 Å². The van der Waals surface area contributed by atoms with Crippen molar-refractivity contribution in [2.75, 3.05) is 12.3 Å². The maximum absolute atomic E-state index is 11.4. The Labute approximate surface area is 87.9 Å². The second-order valence-electron chi connectivity index (χ2n) is 3.81. The molecule has 0 aliphatic heterocycles. The number of allylic oxidation sites excluding steroid dienone is 1. The van der Waals surface area contributed by atoms with Gasteiger partial charge in [0.1, 0.15) is 0 Å². The summed E-state index contributed by atoms with van der Waals surface area (Å²) in [6, 6.07) is 0. The highest BCUT2D eigenvalue weighted by Gasteiger charge is 2.14. The molecular formula is C11H23O2P. The van der Waals surface area contributed by atoms with E-state index in [0.717, 1.165) is 12.8 Å². The van der Waals surface area contributed by atoms with Crippen LogP contribution in [0, 0.1) is 0 Å². The van der Waals surface area contributed by atoms with E-state index < -0.39 is 7.37 Å². The lowest BCUT2D eigenvalue weighted by molar-refractivity contribution is 0.477. The summed E-state index contributed by atoms with van der Waals surface area (Å²) in [7, 11) is -2.87. The maximum Gasteiger partial charge on any atom is 0.204 e. The molecule has 0 aromatic heterocycles. The molecule has 2 nitrogen and oxygen atoms in total. The Morgan fingerprint density at radius 2 is 1.79 bits per heavy atom. The largest absolute Gasteiger partial charge is 0.344 e. The summed E-state index contributed by atoms with van der Waals surface area (Å²) in [5, 5.41) is 0. The lowest BCUT2D eigenvalue weighted by atomic mass is 10.1. The summed E-state index contributed by atoms with van der Waals surface area (Å²) in [5.74, 6) is 0. The van der Waals surface area contributed by atoms with Crippen molar-refractivity contribution in [3.63, 3.8) is 0 Å². The highest BCUT2D eigenvalue weighted by atomic mass is 31.2. The second-order valence-corrected chi connectivity index (χ2v) is 6.31. The number of unbranched alkanes of at least 4 members (excludes halogenated alkanes) is 5. The molecule has 0 aromatic carbocycles. The molecule has 14 heavy (non-hydrogen) atoms. The van der Waals surface area contributed by atoms with E-state index in [4.69, 9.17) is 0 Å². The molecule has 1 unspecified atom stereocenters. The van der Waals surface area contributed by atoms with E-state index in [0.29, 0.717) is 6.16 Å². The summed E-state index contributed by atoms with van der Waals surface area (Å²) in [4.78, 5) is 9.40. The van der Waals surface area contributed by atoms with Gasteiger partial charge in [0.25, 0.3) is 0 Å². The van der Waals surface area contributed by atoms with Gasteiger partial charge in [0.2, 0.25) is 7.37 Å². The van der Waals surface area contributed by atoms with Crippen molar-refractivity contribution in [3.05, 3.63) is 12.7 Å². The fourth-order valence-electron chi connectivity index (χ4n) is 1.43. The SMILES string of the molecule is C=CCP(=O)(O)CCCCCCCC. The minimum Gasteiger partial charge on any atom is -0.344 e. The van der Waals surface area contributed by atoms with Gasteiger partial charge in [-0.05, 0) is 6.42 Å². The number of hydrogen-bond acceptors (Lipinski definition) is 1. The summed E-state index contributed by atoms with van der Waals surface area (Å²) in [6.07, 6.45) is 9.21. The average molecular weight is 218 g/mol. The Morgan fingerprint density at radius 1 is 1.21 bits per heavy atom. The lowest BCUT2D eigenvalue weighted by Gasteiger charge is -2.08. The molecule has 3 heteroatoms. The minimum atomic E-state index is -2.87. The van der Waals surface area contributed by atoms with Gasteiger partial charge in [-0.3, -0.25) is 4.57 Å². The molecule has 0 aromatic rings. The molecule has 0 fully saturated rings. The Morgan fingerprint density at radius 3 is 2.36 bits per heavy atom. The van der Waals surface area contributed by atoms with Crippen LogP contribution in [0.1, 0.15) is 45.4 Å². The fraction of sp³-hybridized carbons (Fsp3) is 0.818. The van der Waals surface area contributed by atoms with Crippen LogP contribution in [0.15, 0.2) is 12.7 Å². The third kappa shape index (κ3) is 8.52. The second kappa shape index (κ2) is 8.26. The first-order valence-corrected chi connectivity index (χ1v) is 7.57. The predicted molar refractivity (Wildman–Crippen MR) is 63.1 cm³/mol. The van der Waals surface area contributed by atoms with Crippen molar-refractivity contribution in [2.24, 2.45) is 0 Å². The molecular weight excluding hydrogens is 195 g/mol. The fourth-order valence-corrected chi connectivity index (χ4v) is 2.74. The first-order valence-electron chi connectivity index (χ1n) is 5.54. The Bertz CT molecular complexity index is 190. The van der Waals surface area contributed by atoms with Gasteiger partial charge in [0.05, 0.1) is 0 Å². The van der Waals surface area contributed by atoms with E-state index in [9.17, 15) is 9.46 Å². The molecule has 0 rings (SSSR count). The third-order valence-electron chi connectivity index (χ3n) is 2.28. The van der Waals surface area contributed by atoms with Crippen LogP contribution < -0.4 is 0 Å².